The van der Waals surface area contributed by atoms with Gasteiger partial charge in [0.2, 0.25) is 53.2 Å². The Labute approximate surface area is 430 Å². The summed E-state index contributed by atoms with van der Waals surface area (Å²) in [5, 5.41) is 18.6. The lowest BCUT2D eigenvalue weighted by molar-refractivity contribution is -0.141. The Kier molecular flexibility index (Phi) is 25.0. The standard InChI is InChI=1S/C47H73N13O10S2/c1-4-27(3)38(58-36(62)24-47(72)18-10-7-11-19-47)44(69)56-31(22-28-14-8-6-9-15-28)41(66)55-32(23-35(49)61)42(67)57-33(26-71)45(70)60-21-13-17-34(60)43(68)54-30(16-12-20-52-46(50)51)40(65)53-25-37(63)59-39(64)29(48)5-2/h6,8-9,14-15,26-27,29-34,38,72H,4-5,7,10-13,16-25,48H2,1-3H3,(H2,49,61)(H,53,65)(H,54,68)(H,55,66)(H,56,69)(H,57,67)(H,58,62)(H4,50,51,52)(H,59,63,64)/t27-,29?,30+,31+,32+,33+,34+,38-/m1/s1. The van der Waals surface area contributed by atoms with E-state index in [2.05, 4.69) is 42.2 Å². The number of hydrogen-bond donors (Lipinski definition) is 12. The molecule has 8 atom stereocenters. The molecule has 23 nitrogen and oxygen atoms in total. The van der Waals surface area contributed by atoms with Crippen molar-refractivity contribution in [2.24, 2.45) is 33.8 Å². The van der Waals surface area contributed by atoms with Gasteiger partial charge in [-0.2, -0.15) is 12.6 Å². The summed E-state index contributed by atoms with van der Waals surface area (Å²) >= 11 is 9.97. The Hall–Kier alpha value is -6.21. The molecule has 0 aromatic heterocycles. The van der Waals surface area contributed by atoms with E-state index >= 15 is 0 Å². The summed E-state index contributed by atoms with van der Waals surface area (Å²) in [7, 11) is 0. The van der Waals surface area contributed by atoms with Gasteiger partial charge in [-0.05, 0) is 56.4 Å². The molecule has 72 heavy (non-hydrogen) atoms. The molecule has 2 fully saturated rings. The van der Waals surface area contributed by atoms with E-state index in [0.29, 0.717) is 18.4 Å². The number of thiol groups is 1. The number of nitrogens with zero attached hydrogens (tertiary/aromatic N) is 2. The number of guanidine groups is 1. The molecule has 0 spiro atoms. The van der Waals surface area contributed by atoms with Crippen molar-refractivity contribution in [1.29, 1.82) is 0 Å². The fraction of sp³-hybridized carbons (Fsp3) is 0.617. The van der Waals surface area contributed by atoms with Crippen molar-refractivity contribution < 1.29 is 47.9 Å². The zero-order valence-electron chi connectivity index (χ0n) is 41.2. The second-order valence-electron chi connectivity index (χ2n) is 18.3. The number of rotatable bonds is 28. The molecule has 25 heteroatoms. The van der Waals surface area contributed by atoms with Crippen molar-refractivity contribution >= 4 is 95.2 Å². The van der Waals surface area contributed by atoms with E-state index in [1.165, 1.54) is 0 Å². The molecule has 1 aromatic rings. The van der Waals surface area contributed by atoms with Crippen LogP contribution < -0.4 is 60.2 Å². The predicted molar refractivity (Wildman–Crippen MR) is 275 cm³/mol. The summed E-state index contributed by atoms with van der Waals surface area (Å²) in [6.45, 7) is 4.81. The van der Waals surface area contributed by atoms with Crippen LogP contribution in [0.1, 0.15) is 110 Å². The van der Waals surface area contributed by atoms with Gasteiger partial charge in [0, 0.05) is 36.0 Å². The first-order chi connectivity index (χ1) is 34.1. The highest BCUT2D eigenvalue weighted by Gasteiger charge is 2.40. The third kappa shape index (κ3) is 19.8. The number of nitrogens with two attached hydrogens (primary N) is 4. The Morgan fingerprint density at radius 1 is 0.806 bits per heavy atom. The van der Waals surface area contributed by atoms with Crippen molar-refractivity contribution in [2.45, 2.75) is 158 Å². The van der Waals surface area contributed by atoms with Crippen molar-refractivity contribution in [3.05, 3.63) is 35.9 Å². The van der Waals surface area contributed by atoms with Crippen LogP contribution in [-0.4, -0.2) is 142 Å². The number of aliphatic imine (C=N–C) groups is 1. The molecular formula is C47H73N13O10S2. The minimum atomic E-state index is -1.68. The van der Waals surface area contributed by atoms with Gasteiger partial charge >= 0.3 is 0 Å². The zero-order valence-corrected chi connectivity index (χ0v) is 43.0. The lowest BCUT2D eigenvalue weighted by atomic mass is 9.85. The predicted octanol–water partition coefficient (Wildman–Crippen LogP) is -1.86. The van der Waals surface area contributed by atoms with Crippen molar-refractivity contribution in [3.8, 4) is 0 Å². The monoisotopic (exact) mass is 1040 g/mol. The van der Waals surface area contributed by atoms with Gasteiger partial charge < -0.3 is 59.7 Å². The van der Waals surface area contributed by atoms with Gasteiger partial charge in [-0.1, -0.05) is 89.0 Å². The Morgan fingerprint density at radius 3 is 2.07 bits per heavy atom. The van der Waals surface area contributed by atoms with Crippen LogP contribution in [0.5, 0.6) is 0 Å². The molecule has 10 amide bonds. The quantitative estimate of drug-likeness (QED) is 0.0144. The molecule has 0 radical (unpaired) electrons. The summed E-state index contributed by atoms with van der Waals surface area (Å²) in [6.07, 6.45) is 5.23. The van der Waals surface area contributed by atoms with E-state index in [-0.39, 0.29) is 69.4 Å². The first kappa shape index (κ1) is 60.1. The maximum atomic E-state index is 14.2. The molecule has 1 aromatic carbocycles. The van der Waals surface area contributed by atoms with Gasteiger partial charge in [-0.15, -0.1) is 0 Å². The molecule has 1 unspecified atom stereocenters. The number of carbonyl (C=O) groups excluding carboxylic acids is 10. The highest BCUT2D eigenvalue weighted by molar-refractivity contribution is 7.81. The summed E-state index contributed by atoms with van der Waals surface area (Å²) in [4.78, 5) is 139. The molecule has 15 N–H and O–H groups in total. The summed E-state index contributed by atoms with van der Waals surface area (Å²) in [6, 6.07) is -0.281. The Bertz CT molecular complexity index is 2120. The summed E-state index contributed by atoms with van der Waals surface area (Å²) in [5.74, 6) is -8.41. The highest BCUT2D eigenvalue weighted by Crippen LogP contribution is 2.36. The molecule has 0 bridgehead atoms. The second-order valence-corrected chi connectivity index (χ2v) is 19.6. The Balaban J connectivity index is 1.79. The largest absolute Gasteiger partial charge is 0.370 e. The van der Waals surface area contributed by atoms with Crippen LogP contribution in [0, 0.1) is 5.92 Å². The summed E-state index contributed by atoms with van der Waals surface area (Å²) < 4.78 is -0.500. The van der Waals surface area contributed by atoms with E-state index in [1.807, 2.05) is 6.92 Å². The average Bonchev–Trinajstić information content (AvgIpc) is 3.84. The smallest absolute Gasteiger partial charge is 0.250 e. The lowest BCUT2D eigenvalue weighted by Gasteiger charge is -2.33. The maximum absolute atomic E-state index is 14.2. The number of carbonyl (C=O) groups is 10. The van der Waals surface area contributed by atoms with Crippen molar-refractivity contribution in [1.82, 2.24) is 42.1 Å². The average molecular weight is 1040 g/mol. The molecule has 1 aliphatic heterocycles. The number of likely N-dealkylation sites (tertiary alicyclic amines) is 1. The van der Waals surface area contributed by atoms with Gasteiger partial charge in [0.1, 0.15) is 36.3 Å². The fourth-order valence-electron chi connectivity index (χ4n) is 8.30. The van der Waals surface area contributed by atoms with E-state index < -0.39 is 113 Å². The van der Waals surface area contributed by atoms with Crippen LogP contribution in [0.15, 0.2) is 35.3 Å². The molecule has 1 saturated heterocycles. The van der Waals surface area contributed by atoms with E-state index in [9.17, 15) is 47.9 Å². The molecule has 398 valence electrons. The number of thiocarbonyl (C=S) groups is 1. The van der Waals surface area contributed by atoms with Crippen molar-refractivity contribution in [3.63, 3.8) is 0 Å². The normalized spacial score (nSPS) is 17.9. The van der Waals surface area contributed by atoms with Crippen LogP contribution in [0.25, 0.3) is 0 Å². The van der Waals surface area contributed by atoms with Crippen LogP contribution in [-0.2, 0) is 54.4 Å². The van der Waals surface area contributed by atoms with E-state index in [0.717, 1.165) is 42.4 Å². The molecule has 2 aliphatic rings. The second kappa shape index (κ2) is 30.0. The minimum Gasteiger partial charge on any atom is -0.370 e. The van der Waals surface area contributed by atoms with Gasteiger partial charge in [0.25, 0.3) is 5.91 Å². The van der Waals surface area contributed by atoms with Crippen LogP contribution >= 0.6 is 24.8 Å². The number of hydrogen-bond acceptors (Lipinski definition) is 14. The summed E-state index contributed by atoms with van der Waals surface area (Å²) in [5.41, 5.74) is 22.7. The number of benzene rings is 1. The SMILES string of the molecule is CCC(N)C(=O)NC(=O)CNC(=O)[C@H](CCCN=C(N)N)NC(=O)[C@@H]1CCCN1C(=O)[C@H](C=S)NC(=O)[C@H](CC(N)=O)NC(=O)[C@H](Cc1ccccc1)NC(=O)[C@H](NC(=O)CC1(S)CCCCC1)[C@H](C)CC. The lowest BCUT2D eigenvalue weighted by Crippen LogP contribution is -2.61. The van der Waals surface area contributed by atoms with Crippen LogP contribution in [0.2, 0.25) is 0 Å². The number of amides is 10. The van der Waals surface area contributed by atoms with Crippen LogP contribution in [0.3, 0.4) is 0 Å². The minimum absolute atomic E-state index is 0.0102. The van der Waals surface area contributed by atoms with Gasteiger partial charge in [0.15, 0.2) is 5.96 Å². The molecule has 1 heterocycles. The van der Waals surface area contributed by atoms with Crippen LogP contribution in [0.4, 0.5) is 0 Å². The first-order valence-electron chi connectivity index (χ1n) is 24.3. The number of nitrogens with one attached hydrogen (secondary N) is 7. The topological polar surface area (TPSA) is 375 Å². The molecule has 3 rings (SSSR count). The van der Waals surface area contributed by atoms with E-state index in [1.54, 1.807) is 44.2 Å². The van der Waals surface area contributed by atoms with E-state index in [4.69, 9.17) is 47.8 Å². The third-order valence-corrected chi connectivity index (χ3v) is 13.5. The van der Waals surface area contributed by atoms with Gasteiger partial charge in [0.05, 0.1) is 19.0 Å². The van der Waals surface area contributed by atoms with Gasteiger partial charge in [-0.25, -0.2) is 0 Å². The molecular weight excluding hydrogens is 971 g/mol. The molecule has 1 aliphatic carbocycles. The third-order valence-electron chi connectivity index (χ3n) is 12.6. The first-order valence-corrected chi connectivity index (χ1v) is 25.3. The maximum Gasteiger partial charge on any atom is 0.250 e. The Morgan fingerprint density at radius 2 is 1.46 bits per heavy atom. The fourth-order valence-corrected chi connectivity index (χ4v) is 8.94. The number of imide groups is 1. The highest BCUT2D eigenvalue weighted by atomic mass is 32.1. The van der Waals surface area contributed by atoms with Crippen molar-refractivity contribution in [2.75, 3.05) is 19.6 Å². The number of primary amides is 1. The van der Waals surface area contributed by atoms with Gasteiger partial charge in [-0.3, -0.25) is 58.3 Å². The zero-order chi connectivity index (χ0) is 53.5. The molecule has 1 saturated carbocycles.